The molecule has 0 bridgehead atoms. The van der Waals surface area contributed by atoms with Crippen LogP contribution >= 0.6 is 0 Å². The largest absolute Gasteiger partial charge is 0.394 e. The summed E-state index contributed by atoms with van der Waals surface area (Å²) in [6.07, 6.45) is -23.5. The molecule has 35 heavy (non-hydrogen) atoms. The van der Waals surface area contributed by atoms with E-state index in [9.17, 15) is 51.1 Å². The molecule has 16 nitrogen and oxygen atoms in total. The fourth-order valence-electron chi connectivity index (χ4n) is 4.13. The Bertz CT molecular complexity index is 652. The number of aliphatic hydroxyl groups excluding tert-OH is 10. The minimum Gasteiger partial charge on any atom is -0.394 e. The maximum Gasteiger partial charge on any atom is 0.187 e. The average molecular weight is 518 g/mol. The molecule has 3 aliphatic rings. The summed E-state index contributed by atoms with van der Waals surface area (Å²) in [6.45, 7) is -1.93. The minimum absolute atomic E-state index is 0.523. The zero-order valence-electron chi connectivity index (χ0n) is 18.7. The monoisotopic (exact) mass is 518 g/mol. The van der Waals surface area contributed by atoms with Crippen molar-refractivity contribution in [1.29, 1.82) is 0 Å². The lowest BCUT2D eigenvalue weighted by molar-refractivity contribution is -0.364. The highest BCUT2D eigenvalue weighted by Crippen LogP contribution is 2.30. The average Bonchev–Trinajstić information content (AvgIpc) is 2.85. The van der Waals surface area contributed by atoms with Crippen LogP contribution in [0.25, 0.3) is 0 Å². The Morgan fingerprint density at radius 2 is 1.03 bits per heavy atom. The maximum absolute atomic E-state index is 10.8. The van der Waals surface area contributed by atoms with Crippen LogP contribution in [0.5, 0.6) is 0 Å². The number of rotatable bonds is 8. The Hall–Kier alpha value is -0.640. The van der Waals surface area contributed by atoms with E-state index in [-0.39, 0.29) is 0 Å². The van der Waals surface area contributed by atoms with Gasteiger partial charge in [-0.3, -0.25) is 0 Å². The minimum atomic E-state index is -1.81. The zero-order chi connectivity index (χ0) is 26.0. The molecule has 0 radical (unpaired) electrons. The van der Waals surface area contributed by atoms with E-state index in [4.69, 9.17) is 28.4 Å². The smallest absolute Gasteiger partial charge is 0.187 e. The van der Waals surface area contributed by atoms with Crippen LogP contribution in [0, 0.1) is 0 Å². The summed E-state index contributed by atoms with van der Waals surface area (Å²) in [5.74, 6) is 0. The van der Waals surface area contributed by atoms with Gasteiger partial charge in [-0.25, -0.2) is 0 Å². The highest BCUT2D eigenvalue weighted by Gasteiger charge is 2.51. The van der Waals surface area contributed by atoms with Crippen LogP contribution < -0.4 is 0 Å². The molecule has 3 fully saturated rings. The molecule has 0 spiro atoms. The van der Waals surface area contributed by atoms with Crippen molar-refractivity contribution in [3.8, 4) is 0 Å². The molecular formula is C19H34O16. The van der Waals surface area contributed by atoms with Gasteiger partial charge in [-0.05, 0) is 0 Å². The molecule has 3 saturated heterocycles. The van der Waals surface area contributed by atoms with Gasteiger partial charge in [0, 0.05) is 7.11 Å². The first-order chi connectivity index (χ1) is 16.5. The predicted octanol–water partition coefficient (Wildman–Crippen LogP) is -6.92. The van der Waals surface area contributed by atoms with Crippen LogP contribution in [-0.4, -0.2) is 170 Å². The first-order valence-electron chi connectivity index (χ1n) is 11.0. The Morgan fingerprint density at radius 1 is 0.543 bits per heavy atom. The van der Waals surface area contributed by atoms with Gasteiger partial charge in [-0.2, -0.15) is 0 Å². The first-order valence-corrected chi connectivity index (χ1v) is 11.0. The Kier molecular flexibility index (Phi) is 10.1. The van der Waals surface area contributed by atoms with Gasteiger partial charge in [0.15, 0.2) is 18.9 Å². The van der Waals surface area contributed by atoms with Gasteiger partial charge in [0.1, 0.15) is 73.2 Å². The molecular weight excluding hydrogens is 484 g/mol. The number of methoxy groups -OCH3 is 1. The van der Waals surface area contributed by atoms with E-state index in [2.05, 4.69) is 0 Å². The lowest BCUT2D eigenvalue weighted by Gasteiger charge is -2.46. The molecule has 0 aromatic rings. The van der Waals surface area contributed by atoms with E-state index in [1.165, 1.54) is 7.11 Å². The second-order valence-corrected chi connectivity index (χ2v) is 8.59. The van der Waals surface area contributed by atoms with Crippen molar-refractivity contribution in [2.75, 3.05) is 26.9 Å². The SMILES string of the molecule is COC1OC(COC2OC(CO)C(O)C(O)C2O)C(O)C(OC2OC(CO)C(O)C(O)C2O)C1O. The van der Waals surface area contributed by atoms with Gasteiger partial charge in [0.05, 0.1) is 19.8 Å². The van der Waals surface area contributed by atoms with Crippen molar-refractivity contribution < 1.29 is 79.5 Å². The molecule has 10 N–H and O–H groups in total. The molecule has 15 unspecified atom stereocenters. The molecule has 0 aromatic heterocycles. The fraction of sp³-hybridized carbons (Fsp3) is 1.00. The van der Waals surface area contributed by atoms with Gasteiger partial charge in [-0.1, -0.05) is 0 Å². The van der Waals surface area contributed by atoms with Crippen molar-refractivity contribution in [3.63, 3.8) is 0 Å². The predicted molar refractivity (Wildman–Crippen MR) is 106 cm³/mol. The van der Waals surface area contributed by atoms with E-state index in [0.29, 0.717) is 0 Å². The Balaban J connectivity index is 1.69. The standard InChI is InChI=1S/C19H34O16/c1-30-17-15(29)16(35-19-14(28)12(26)9(23)6(3-21)33-19)10(24)7(34-17)4-31-18-13(27)11(25)8(22)5(2-20)32-18/h5-29H,2-4H2,1H3. The molecule has 16 heteroatoms. The molecule has 0 saturated carbocycles. The molecule has 0 aromatic carbocycles. The summed E-state index contributed by atoms with van der Waals surface area (Å²) in [7, 11) is 1.19. The van der Waals surface area contributed by atoms with Gasteiger partial charge >= 0.3 is 0 Å². The first kappa shape index (κ1) is 28.9. The molecule has 0 aliphatic carbocycles. The second-order valence-electron chi connectivity index (χ2n) is 8.59. The van der Waals surface area contributed by atoms with Crippen molar-refractivity contribution in [2.45, 2.75) is 92.1 Å². The third kappa shape index (κ3) is 5.93. The van der Waals surface area contributed by atoms with E-state index in [1.54, 1.807) is 0 Å². The molecule has 0 amide bonds. The third-order valence-corrected chi connectivity index (χ3v) is 6.29. The number of hydrogen-bond donors (Lipinski definition) is 10. The van der Waals surface area contributed by atoms with Crippen LogP contribution in [0.1, 0.15) is 0 Å². The van der Waals surface area contributed by atoms with E-state index >= 15 is 0 Å². The highest BCUT2D eigenvalue weighted by molar-refractivity contribution is 4.95. The summed E-state index contributed by atoms with van der Waals surface area (Å²) < 4.78 is 31.9. The molecule has 3 aliphatic heterocycles. The zero-order valence-corrected chi connectivity index (χ0v) is 18.7. The molecule has 3 rings (SSSR count). The summed E-state index contributed by atoms with van der Waals surface area (Å²) in [6, 6.07) is 0. The topological polar surface area (TPSA) is 258 Å². The molecule has 15 atom stereocenters. The van der Waals surface area contributed by atoms with Crippen LogP contribution in [0.2, 0.25) is 0 Å². The van der Waals surface area contributed by atoms with Crippen molar-refractivity contribution >= 4 is 0 Å². The van der Waals surface area contributed by atoms with Crippen LogP contribution in [0.15, 0.2) is 0 Å². The van der Waals surface area contributed by atoms with Gasteiger partial charge in [0.25, 0.3) is 0 Å². The number of ether oxygens (including phenoxy) is 6. The van der Waals surface area contributed by atoms with E-state index < -0.39 is 112 Å². The van der Waals surface area contributed by atoms with Gasteiger partial charge < -0.3 is 79.5 Å². The lowest BCUT2D eigenvalue weighted by Crippen LogP contribution is -2.65. The number of hydrogen-bond acceptors (Lipinski definition) is 16. The van der Waals surface area contributed by atoms with Crippen molar-refractivity contribution in [2.24, 2.45) is 0 Å². The molecule has 206 valence electrons. The quantitative estimate of drug-likeness (QED) is 0.143. The van der Waals surface area contributed by atoms with Gasteiger partial charge in [-0.15, -0.1) is 0 Å². The fourth-order valence-corrected chi connectivity index (χ4v) is 4.13. The second kappa shape index (κ2) is 12.3. The Morgan fingerprint density at radius 3 is 1.54 bits per heavy atom. The van der Waals surface area contributed by atoms with Crippen LogP contribution in [0.4, 0.5) is 0 Å². The van der Waals surface area contributed by atoms with Gasteiger partial charge in [0.2, 0.25) is 0 Å². The number of aliphatic hydroxyl groups is 10. The lowest BCUT2D eigenvalue weighted by atomic mass is 9.97. The van der Waals surface area contributed by atoms with Crippen molar-refractivity contribution in [1.82, 2.24) is 0 Å². The van der Waals surface area contributed by atoms with Crippen LogP contribution in [-0.2, 0) is 28.4 Å². The summed E-state index contributed by atoms with van der Waals surface area (Å²) in [5, 5.41) is 99.9. The van der Waals surface area contributed by atoms with E-state index in [0.717, 1.165) is 0 Å². The third-order valence-electron chi connectivity index (χ3n) is 6.29. The Labute approximate surface area is 199 Å². The summed E-state index contributed by atoms with van der Waals surface area (Å²) in [4.78, 5) is 0. The maximum atomic E-state index is 10.8. The summed E-state index contributed by atoms with van der Waals surface area (Å²) >= 11 is 0. The molecule has 3 heterocycles. The van der Waals surface area contributed by atoms with Crippen LogP contribution in [0.3, 0.4) is 0 Å². The summed E-state index contributed by atoms with van der Waals surface area (Å²) in [5.41, 5.74) is 0. The normalized spacial score (nSPS) is 51.3. The highest BCUT2D eigenvalue weighted by atomic mass is 16.7. The van der Waals surface area contributed by atoms with Crippen molar-refractivity contribution in [3.05, 3.63) is 0 Å². The van der Waals surface area contributed by atoms with E-state index in [1.807, 2.05) is 0 Å².